The highest BCUT2D eigenvalue weighted by Gasteiger charge is 2.24. The van der Waals surface area contributed by atoms with E-state index in [1.807, 2.05) is 19.4 Å². The van der Waals surface area contributed by atoms with Crippen LogP contribution < -0.4 is 0 Å². The molecule has 3 heterocycles. The van der Waals surface area contributed by atoms with Crippen LogP contribution in [0, 0.1) is 17.2 Å². The smallest absolute Gasteiger partial charge is 0.265 e. The third-order valence-electron chi connectivity index (χ3n) is 3.91. The average molecular weight is 300 g/mol. The van der Waals surface area contributed by atoms with Gasteiger partial charge in [0.15, 0.2) is 0 Å². The molecule has 0 saturated heterocycles. The van der Waals surface area contributed by atoms with Crippen molar-refractivity contribution in [1.29, 1.82) is 5.26 Å². The maximum atomic E-state index is 12.4. The van der Waals surface area contributed by atoms with Crippen LogP contribution >= 0.6 is 11.3 Å². The first-order chi connectivity index (χ1) is 10.2. The van der Waals surface area contributed by atoms with Crippen molar-refractivity contribution in [3.63, 3.8) is 0 Å². The number of imidazole rings is 1. The van der Waals surface area contributed by atoms with Gasteiger partial charge in [-0.1, -0.05) is 0 Å². The van der Waals surface area contributed by atoms with Gasteiger partial charge in [0.1, 0.15) is 16.8 Å². The van der Waals surface area contributed by atoms with Crippen LogP contribution in [-0.4, -0.2) is 34.0 Å². The summed E-state index contributed by atoms with van der Waals surface area (Å²) in [5.74, 6) is 1.47. The summed E-state index contributed by atoms with van der Waals surface area (Å²) < 4.78 is 2.17. The van der Waals surface area contributed by atoms with Gasteiger partial charge in [0, 0.05) is 39.0 Å². The number of thiophene rings is 1. The lowest BCUT2D eigenvalue weighted by atomic mass is 9.97. The second-order valence-corrected chi connectivity index (χ2v) is 6.27. The SMILES string of the molecule is CN(C[C@H]1CCn2ccnc2C1)C(=O)c1sccc1C#N. The highest BCUT2D eigenvalue weighted by atomic mass is 32.1. The molecule has 21 heavy (non-hydrogen) atoms. The third-order valence-corrected chi connectivity index (χ3v) is 4.81. The predicted molar refractivity (Wildman–Crippen MR) is 80.0 cm³/mol. The number of carbonyl (C=O) groups is 1. The second-order valence-electron chi connectivity index (χ2n) is 5.36. The zero-order chi connectivity index (χ0) is 14.8. The average Bonchev–Trinajstić information content (AvgIpc) is 3.14. The summed E-state index contributed by atoms with van der Waals surface area (Å²) in [7, 11) is 1.81. The van der Waals surface area contributed by atoms with Gasteiger partial charge in [-0.3, -0.25) is 4.79 Å². The number of rotatable bonds is 3. The van der Waals surface area contributed by atoms with Crippen molar-refractivity contribution in [1.82, 2.24) is 14.5 Å². The highest BCUT2D eigenvalue weighted by molar-refractivity contribution is 7.12. The van der Waals surface area contributed by atoms with E-state index in [1.165, 1.54) is 11.3 Å². The summed E-state index contributed by atoms with van der Waals surface area (Å²) in [6.07, 6.45) is 5.79. The quantitative estimate of drug-likeness (QED) is 0.872. The van der Waals surface area contributed by atoms with Crippen molar-refractivity contribution in [2.24, 2.45) is 5.92 Å². The lowest BCUT2D eigenvalue weighted by molar-refractivity contribution is 0.0768. The van der Waals surface area contributed by atoms with Gasteiger partial charge in [0.2, 0.25) is 0 Å². The Kier molecular flexibility index (Phi) is 3.76. The summed E-state index contributed by atoms with van der Waals surface area (Å²) in [5.41, 5.74) is 0.469. The summed E-state index contributed by atoms with van der Waals surface area (Å²) in [4.78, 5) is 19.0. The lowest BCUT2D eigenvalue weighted by Gasteiger charge is -2.27. The molecule has 6 heteroatoms. The van der Waals surface area contributed by atoms with Gasteiger partial charge in [-0.05, 0) is 23.8 Å². The first-order valence-electron chi connectivity index (χ1n) is 6.92. The topological polar surface area (TPSA) is 61.9 Å². The van der Waals surface area contributed by atoms with E-state index in [9.17, 15) is 4.79 Å². The van der Waals surface area contributed by atoms with Crippen molar-refractivity contribution in [2.75, 3.05) is 13.6 Å². The number of nitrogens with zero attached hydrogens (tertiary/aromatic N) is 4. The highest BCUT2D eigenvalue weighted by Crippen LogP contribution is 2.22. The Labute approximate surface area is 127 Å². The minimum Gasteiger partial charge on any atom is -0.341 e. The van der Waals surface area contributed by atoms with E-state index < -0.39 is 0 Å². The Hall–Kier alpha value is -2.13. The van der Waals surface area contributed by atoms with Gasteiger partial charge in [0.05, 0.1) is 5.56 Å². The lowest BCUT2D eigenvalue weighted by Crippen LogP contribution is -2.34. The molecule has 1 amide bonds. The largest absolute Gasteiger partial charge is 0.341 e. The molecule has 2 aromatic heterocycles. The van der Waals surface area contributed by atoms with Gasteiger partial charge in [-0.2, -0.15) is 5.26 Å². The first kappa shape index (κ1) is 13.8. The Bertz CT molecular complexity index is 697. The number of aromatic nitrogens is 2. The van der Waals surface area contributed by atoms with E-state index >= 15 is 0 Å². The van der Waals surface area contributed by atoms with Crippen LogP contribution in [0.1, 0.15) is 27.5 Å². The number of fused-ring (bicyclic) bond motifs is 1. The Morgan fingerprint density at radius 3 is 3.33 bits per heavy atom. The van der Waals surface area contributed by atoms with Crippen LogP contribution in [-0.2, 0) is 13.0 Å². The molecular weight excluding hydrogens is 284 g/mol. The molecule has 1 aliphatic heterocycles. The molecule has 0 spiro atoms. The zero-order valence-electron chi connectivity index (χ0n) is 11.8. The number of amides is 1. The van der Waals surface area contributed by atoms with Gasteiger partial charge >= 0.3 is 0 Å². The van der Waals surface area contributed by atoms with Crippen LogP contribution in [0.25, 0.3) is 0 Å². The standard InChI is InChI=1S/C15H16N4OS/c1-18(15(20)14-12(9-16)3-7-21-14)10-11-2-5-19-6-4-17-13(19)8-11/h3-4,6-7,11H,2,5,8,10H2,1H3/t11-/m0/s1. The summed E-state index contributed by atoms with van der Waals surface area (Å²) in [6.45, 7) is 1.67. The predicted octanol–water partition coefficient (Wildman–Crippen LogP) is 2.15. The van der Waals surface area contributed by atoms with Crippen molar-refractivity contribution in [3.8, 4) is 6.07 Å². The minimum atomic E-state index is -0.0598. The molecule has 1 aliphatic rings. The molecule has 0 bridgehead atoms. The van der Waals surface area contributed by atoms with E-state index in [0.29, 0.717) is 22.9 Å². The molecule has 0 radical (unpaired) electrons. The molecule has 2 aromatic rings. The fourth-order valence-corrected chi connectivity index (χ4v) is 3.62. The normalized spacial score (nSPS) is 17.0. The van der Waals surface area contributed by atoms with Crippen molar-refractivity contribution >= 4 is 17.2 Å². The molecule has 0 N–H and O–H groups in total. The minimum absolute atomic E-state index is 0.0598. The van der Waals surface area contributed by atoms with Crippen molar-refractivity contribution in [3.05, 3.63) is 40.1 Å². The third kappa shape index (κ3) is 2.69. The molecule has 0 aromatic carbocycles. The molecule has 0 unspecified atom stereocenters. The fourth-order valence-electron chi connectivity index (χ4n) is 2.78. The van der Waals surface area contributed by atoms with Crippen LogP contribution in [0.3, 0.4) is 0 Å². The maximum Gasteiger partial charge on any atom is 0.265 e. The second kappa shape index (κ2) is 5.70. The van der Waals surface area contributed by atoms with E-state index in [0.717, 1.165) is 25.2 Å². The fraction of sp³-hybridized carbons (Fsp3) is 0.400. The molecule has 1 atom stereocenters. The number of carbonyl (C=O) groups excluding carboxylic acids is 1. The monoisotopic (exact) mass is 300 g/mol. The van der Waals surface area contributed by atoms with E-state index in [2.05, 4.69) is 15.6 Å². The Morgan fingerprint density at radius 2 is 2.52 bits per heavy atom. The van der Waals surface area contributed by atoms with Crippen LogP contribution in [0.15, 0.2) is 23.8 Å². The van der Waals surface area contributed by atoms with Crippen LogP contribution in [0.4, 0.5) is 0 Å². The Morgan fingerprint density at radius 1 is 1.67 bits per heavy atom. The molecule has 5 nitrogen and oxygen atoms in total. The number of nitriles is 1. The summed E-state index contributed by atoms with van der Waals surface area (Å²) in [6, 6.07) is 3.77. The molecule has 0 fully saturated rings. The van der Waals surface area contributed by atoms with Gasteiger partial charge in [-0.25, -0.2) is 4.98 Å². The van der Waals surface area contributed by atoms with E-state index in [-0.39, 0.29) is 5.91 Å². The summed E-state index contributed by atoms with van der Waals surface area (Å²) >= 11 is 1.33. The number of hydrogen-bond donors (Lipinski definition) is 0. The van der Waals surface area contributed by atoms with Gasteiger partial charge in [0.25, 0.3) is 5.91 Å². The van der Waals surface area contributed by atoms with Crippen molar-refractivity contribution in [2.45, 2.75) is 19.4 Å². The van der Waals surface area contributed by atoms with E-state index in [1.54, 1.807) is 16.3 Å². The molecule has 0 aliphatic carbocycles. The zero-order valence-corrected chi connectivity index (χ0v) is 12.6. The van der Waals surface area contributed by atoms with Crippen LogP contribution in [0.2, 0.25) is 0 Å². The van der Waals surface area contributed by atoms with Crippen LogP contribution in [0.5, 0.6) is 0 Å². The molecule has 0 saturated carbocycles. The maximum absolute atomic E-state index is 12.4. The molecular formula is C15H16N4OS. The molecule has 108 valence electrons. The summed E-state index contributed by atoms with van der Waals surface area (Å²) in [5, 5.41) is 10.8. The van der Waals surface area contributed by atoms with E-state index in [4.69, 9.17) is 5.26 Å². The molecule has 3 rings (SSSR count). The first-order valence-corrected chi connectivity index (χ1v) is 7.80. The number of aryl methyl sites for hydroxylation is 1. The van der Waals surface area contributed by atoms with Crippen molar-refractivity contribution < 1.29 is 4.79 Å². The Balaban J connectivity index is 1.66. The van der Waals surface area contributed by atoms with Gasteiger partial charge < -0.3 is 9.47 Å². The number of hydrogen-bond acceptors (Lipinski definition) is 4. The van der Waals surface area contributed by atoms with Gasteiger partial charge in [-0.15, -0.1) is 11.3 Å².